The number of hydrogen-bond acceptors (Lipinski definition) is 2. The molecule has 0 aliphatic carbocycles. The van der Waals surface area contributed by atoms with Crippen LogP contribution in [0.5, 0.6) is 0 Å². The van der Waals surface area contributed by atoms with Crippen molar-refractivity contribution in [1.82, 2.24) is 15.1 Å². The molecule has 0 unspecified atom stereocenters. The van der Waals surface area contributed by atoms with Gasteiger partial charge in [0.1, 0.15) is 5.82 Å². The highest BCUT2D eigenvalue weighted by molar-refractivity contribution is 9.10. The Morgan fingerprint density at radius 1 is 1.58 bits per heavy atom. The van der Waals surface area contributed by atoms with Crippen molar-refractivity contribution >= 4 is 33.4 Å². The first-order chi connectivity index (χ1) is 8.97. The summed E-state index contributed by atoms with van der Waals surface area (Å²) in [7, 11) is 1.79. The number of amides is 1. The summed E-state index contributed by atoms with van der Waals surface area (Å²) in [5.41, 5.74) is 1.02. The van der Waals surface area contributed by atoms with E-state index in [9.17, 15) is 9.18 Å². The van der Waals surface area contributed by atoms with Gasteiger partial charge in [-0.1, -0.05) is 11.6 Å². The zero-order valence-corrected chi connectivity index (χ0v) is 12.3. The second-order valence-electron chi connectivity index (χ2n) is 3.95. The minimum atomic E-state index is -0.570. The number of nitrogens with one attached hydrogen (secondary N) is 1. The van der Waals surface area contributed by atoms with E-state index in [1.807, 2.05) is 0 Å². The molecule has 0 saturated carbocycles. The van der Waals surface area contributed by atoms with Gasteiger partial charge in [0, 0.05) is 30.4 Å². The molecule has 0 aliphatic rings. The molecule has 4 nitrogen and oxygen atoms in total. The van der Waals surface area contributed by atoms with Gasteiger partial charge in [-0.3, -0.25) is 9.48 Å². The standard InChI is InChI=1S/C12H10BrClFN3O/c1-18-6-7(5-17-18)4-16-12(19)9-2-8(14)3-10(15)11(9)13/h2-3,5-6H,4H2,1H3,(H,16,19). The predicted molar refractivity (Wildman–Crippen MR) is 73.5 cm³/mol. The van der Waals surface area contributed by atoms with Crippen molar-refractivity contribution in [2.45, 2.75) is 6.54 Å². The van der Waals surface area contributed by atoms with Crippen LogP contribution in [-0.4, -0.2) is 15.7 Å². The monoisotopic (exact) mass is 345 g/mol. The number of nitrogens with zero attached hydrogens (tertiary/aromatic N) is 2. The highest BCUT2D eigenvalue weighted by Gasteiger charge is 2.14. The van der Waals surface area contributed by atoms with Crippen LogP contribution in [0, 0.1) is 5.82 Å². The van der Waals surface area contributed by atoms with E-state index in [2.05, 4.69) is 26.3 Å². The van der Waals surface area contributed by atoms with E-state index >= 15 is 0 Å². The molecule has 0 saturated heterocycles. The van der Waals surface area contributed by atoms with Gasteiger partial charge in [-0.2, -0.15) is 5.10 Å². The Morgan fingerprint density at radius 2 is 2.32 bits per heavy atom. The molecule has 2 aromatic rings. The van der Waals surface area contributed by atoms with Gasteiger partial charge in [-0.05, 0) is 28.1 Å². The molecule has 0 spiro atoms. The molecule has 1 amide bonds. The third kappa shape index (κ3) is 3.33. The number of benzene rings is 1. The summed E-state index contributed by atoms with van der Waals surface area (Å²) in [5, 5.41) is 6.84. The van der Waals surface area contributed by atoms with Crippen LogP contribution >= 0.6 is 27.5 Å². The van der Waals surface area contributed by atoms with Crippen molar-refractivity contribution in [1.29, 1.82) is 0 Å². The maximum atomic E-state index is 13.4. The fraction of sp³-hybridized carbons (Fsp3) is 0.167. The Kier molecular flexibility index (Phi) is 4.21. The molecule has 0 atom stereocenters. The molecule has 100 valence electrons. The maximum Gasteiger partial charge on any atom is 0.252 e. The summed E-state index contributed by atoms with van der Waals surface area (Å²) < 4.78 is 15.2. The zero-order chi connectivity index (χ0) is 14.0. The van der Waals surface area contributed by atoms with Gasteiger partial charge in [0.15, 0.2) is 0 Å². The molecule has 1 aromatic carbocycles. The highest BCUT2D eigenvalue weighted by Crippen LogP contribution is 2.25. The minimum absolute atomic E-state index is 0.0978. The second-order valence-corrected chi connectivity index (χ2v) is 5.18. The smallest absolute Gasteiger partial charge is 0.252 e. The minimum Gasteiger partial charge on any atom is -0.348 e. The fourth-order valence-electron chi connectivity index (χ4n) is 1.56. The molecule has 0 radical (unpaired) electrons. The summed E-state index contributed by atoms with van der Waals surface area (Å²) in [6.07, 6.45) is 3.43. The lowest BCUT2D eigenvalue weighted by Gasteiger charge is -2.07. The first kappa shape index (κ1) is 14.0. The van der Waals surface area contributed by atoms with Gasteiger partial charge in [-0.25, -0.2) is 4.39 Å². The average molecular weight is 347 g/mol. The molecule has 1 heterocycles. The largest absolute Gasteiger partial charge is 0.348 e. The van der Waals surface area contributed by atoms with E-state index < -0.39 is 11.7 Å². The van der Waals surface area contributed by atoms with E-state index in [1.54, 1.807) is 24.1 Å². The zero-order valence-electron chi connectivity index (χ0n) is 9.95. The van der Waals surface area contributed by atoms with Crippen molar-refractivity contribution in [3.05, 3.63) is 51.0 Å². The Labute approximate surface area is 122 Å². The van der Waals surface area contributed by atoms with Crippen molar-refractivity contribution in [3.63, 3.8) is 0 Å². The van der Waals surface area contributed by atoms with E-state index in [4.69, 9.17) is 11.6 Å². The summed E-state index contributed by atoms with van der Waals surface area (Å²) in [6, 6.07) is 2.55. The maximum absolute atomic E-state index is 13.4. The lowest BCUT2D eigenvalue weighted by atomic mass is 10.2. The molecular weight excluding hydrogens is 337 g/mol. The molecule has 2 rings (SSSR count). The summed E-state index contributed by atoms with van der Waals surface area (Å²) in [4.78, 5) is 12.0. The number of halogens is 3. The Bertz CT molecular complexity index is 629. The normalized spacial score (nSPS) is 10.5. The summed E-state index contributed by atoms with van der Waals surface area (Å²) >= 11 is 8.77. The van der Waals surface area contributed by atoms with Gasteiger partial charge >= 0.3 is 0 Å². The number of rotatable bonds is 3. The van der Waals surface area contributed by atoms with Crippen LogP contribution < -0.4 is 5.32 Å². The number of carbonyl (C=O) groups excluding carboxylic acids is 1. The lowest BCUT2D eigenvalue weighted by molar-refractivity contribution is 0.0949. The number of aromatic nitrogens is 2. The quantitative estimate of drug-likeness (QED) is 0.869. The van der Waals surface area contributed by atoms with Crippen molar-refractivity contribution in [2.75, 3.05) is 0 Å². The summed E-state index contributed by atoms with van der Waals surface area (Å²) in [6.45, 7) is 0.313. The van der Waals surface area contributed by atoms with E-state index in [0.717, 1.165) is 11.6 Å². The van der Waals surface area contributed by atoms with E-state index in [1.165, 1.54) is 6.07 Å². The molecule has 19 heavy (non-hydrogen) atoms. The van der Waals surface area contributed by atoms with E-state index in [-0.39, 0.29) is 15.1 Å². The van der Waals surface area contributed by atoms with Gasteiger partial charge < -0.3 is 5.32 Å². The Hall–Kier alpha value is -1.40. The highest BCUT2D eigenvalue weighted by atomic mass is 79.9. The molecular formula is C12H10BrClFN3O. The molecule has 0 fully saturated rings. The van der Waals surface area contributed by atoms with Crippen molar-refractivity contribution in [3.8, 4) is 0 Å². The lowest BCUT2D eigenvalue weighted by Crippen LogP contribution is -2.23. The fourth-order valence-corrected chi connectivity index (χ4v) is 2.18. The van der Waals surface area contributed by atoms with Crippen LogP contribution in [-0.2, 0) is 13.6 Å². The predicted octanol–water partition coefficient (Wildman–Crippen LogP) is 2.91. The molecule has 0 aliphatic heterocycles. The molecule has 7 heteroatoms. The first-order valence-corrected chi connectivity index (χ1v) is 6.54. The molecule has 0 bridgehead atoms. The van der Waals surface area contributed by atoms with Gasteiger partial charge in [0.05, 0.1) is 16.2 Å². The second kappa shape index (κ2) is 5.71. The SMILES string of the molecule is Cn1cc(CNC(=O)c2cc(Cl)cc(F)c2Br)cn1. The number of hydrogen-bond donors (Lipinski definition) is 1. The third-order valence-corrected chi connectivity index (χ3v) is 3.47. The molecule has 1 N–H and O–H groups in total. The number of carbonyl (C=O) groups is 1. The van der Waals surface area contributed by atoms with Crippen LogP contribution in [0.3, 0.4) is 0 Å². The first-order valence-electron chi connectivity index (χ1n) is 5.37. The van der Waals surface area contributed by atoms with Gasteiger partial charge in [-0.15, -0.1) is 0 Å². The summed E-state index contributed by atoms with van der Waals surface area (Å²) in [5.74, 6) is -0.976. The van der Waals surface area contributed by atoms with E-state index in [0.29, 0.717) is 6.54 Å². The Balaban J connectivity index is 2.12. The van der Waals surface area contributed by atoms with Crippen molar-refractivity contribution in [2.24, 2.45) is 7.05 Å². The Morgan fingerprint density at radius 3 is 2.95 bits per heavy atom. The average Bonchev–Trinajstić information content (AvgIpc) is 2.76. The van der Waals surface area contributed by atoms with Crippen LogP contribution in [0.15, 0.2) is 29.0 Å². The topological polar surface area (TPSA) is 46.9 Å². The number of aryl methyl sites for hydroxylation is 1. The van der Waals surface area contributed by atoms with Crippen LogP contribution in [0.2, 0.25) is 5.02 Å². The van der Waals surface area contributed by atoms with Crippen LogP contribution in [0.25, 0.3) is 0 Å². The van der Waals surface area contributed by atoms with Gasteiger partial charge in [0.25, 0.3) is 5.91 Å². The van der Waals surface area contributed by atoms with Crippen LogP contribution in [0.1, 0.15) is 15.9 Å². The van der Waals surface area contributed by atoms with Crippen molar-refractivity contribution < 1.29 is 9.18 Å². The third-order valence-electron chi connectivity index (χ3n) is 2.45. The molecule has 1 aromatic heterocycles. The van der Waals surface area contributed by atoms with Crippen LogP contribution in [0.4, 0.5) is 4.39 Å². The van der Waals surface area contributed by atoms with Gasteiger partial charge in [0.2, 0.25) is 0 Å².